The summed E-state index contributed by atoms with van der Waals surface area (Å²) in [6.07, 6.45) is 5.57. The van der Waals surface area contributed by atoms with Crippen molar-refractivity contribution in [2.45, 2.75) is 44.6 Å². The van der Waals surface area contributed by atoms with Gasteiger partial charge in [0.05, 0.1) is 18.7 Å². The first-order chi connectivity index (χ1) is 11.2. The van der Waals surface area contributed by atoms with Gasteiger partial charge in [0.1, 0.15) is 0 Å². The molecule has 5 heteroatoms. The van der Waals surface area contributed by atoms with Crippen molar-refractivity contribution in [2.24, 2.45) is 10.2 Å². The molecule has 0 aromatic heterocycles. The van der Waals surface area contributed by atoms with Crippen molar-refractivity contribution in [3.63, 3.8) is 0 Å². The van der Waals surface area contributed by atoms with Crippen molar-refractivity contribution in [3.05, 3.63) is 46.5 Å². The van der Waals surface area contributed by atoms with Gasteiger partial charge in [-0.25, -0.2) is 4.79 Å². The second-order valence-corrected chi connectivity index (χ2v) is 5.98. The number of carbonyl (C=O) groups is 2. The fraction of sp³-hybridized carbons (Fsp3) is 0.444. The lowest BCUT2D eigenvalue weighted by molar-refractivity contribution is -0.115. The summed E-state index contributed by atoms with van der Waals surface area (Å²) in [7, 11) is 1.38. The van der Waals surface area contributed by atoms with Crippen LogP contribution in [-0.2, 0) is 16.0 Å². The van der Waals surface area contributed by atoms with Crippen molar-refractivity contribution in [1.82, 2.24) is 0 Å². The van der Waals surface area contributed by atoms with Gasteiger partial charge in [-0.2, -0.15) is 5.11 Å². The van der Waals surface area contributed by atoms with Gasteiger partial charge >= 0.3 is 5.97 Å². The molecule has 1 aromatic carbocycles. The Bertz CT molecular complexity index is 691. The maximum Gasteiger partial charge on any atom is 0.337 e. The highest BCUT2D eigenvalue weighted by Gasteiger charge is 2.28. The molecule has 1 heterocycles. The van der Waals surface area contributed by atoms with Crippen LogP contribution in [0.1, 0.15) is 48.0 Å². The lowest BCUT2D eigenvalue weighted by Crippen LogP contribution is -2.22. The summed E-state index contributed by atoms with van der Waals surface area (Å²) in [4.78, 5) is 23.4. The summed E-state index contributed by atoms with van der Waals surface area (Å²) < 4.78 is 4.75. The molecule has 23 heavy (non-hydrogen) atoms. The van der Waals surface area contributed by atoms with Gasteiger partial charge in [0.15, 0.2) is 0 Å². The predicted molar refractivity (Wildman–Crippen MR) is 85.2 cm³/mol. The van der Waals surface area contributed by atoms with E-state index in [0.717, 1.165) is 49.7 Å². The fourth-order valence-corrected chi connectivity index (χ4v) is 3.30. The minimum Gasteiger partial charge on any atom is -0.465 e. The van der Waals surface area contributed by atoms with E-state index in [0.29, 0.717) is 5.56 Å². The van der Waals surface area contributed by atoms with E-state index in [4.69, 9.17) is 4.74 Å². The van der Waals surface area contributed by atoms with Crippen LogP contribution in [0, 0.1) is 0 Å². The van der Waals surface area contributed by atoms with E-state index in [-0.39, 0.29) is 17.9 Å². The van der Waals surface area contributed by atoms with Crippen molar-refractivity contribution >= 4 is 11.9 Å². The maximum atomic E-state index is 11.8. The predicted octanol–water partition coefficient (Wildman–Crippen LogP) is 3.64. The van der Waals surface area contributed by atoms with Gasteiger partial charge in [-0.1, -0.05) is 12.1 Å². The van der Waals surface area contributed by atoms with Crippen molar-refractivity contribution in [1.29, 1.82) is 0 Å². The topological polar surface area (TPSA) is 68.1 Å². The number of amides is 1. The quantitative estimate of drug-likeness (QED) is 0.797. The van der Waals surface area contributed by atoms with Gasteiger partial charge in [-0.05, 0) is 61.8 Å². The SMILES string of the molecule is COC(=O)c1cccc(CCC2N=NC(=O)C3=C2CCCC3)c1. The summed E-state index contributed by atoms with van der Waals surface area (Å²) in [6.45, 7) is 0. The summed E-state index contributed by atoms with van der Waals surface area (Å²) in [5.74, 6) is -0.476. The number of methoxy groups -OCH3 is 1. The summed E-state index contributed by atoms with van der Waals surface area (Å²) in [5, 5.41) is 8.03. The number of azo groups is 1. The molecular weight excluding hydrogens is 292 g/mol. The number of hydrogen-bond acceptors (Lipinski definition) is 4. The Kier molecular flexibility index (Phi) is 4.65. The zero-order chi connectivity index (χ0) is 16.2. The van der Waals surface area contributed by atoms with Crippen LogP contribution in [0.5, 0.6) is 0 Å². The fourth-order valence-electron chi connectivity index (χ4n) is 3.30. The molecule has 0 bridgehead atoms. The van der Waals surface area contributed by atoms with Crippen LogP contribution in [0.3, 0.4) is 0 Å². The first kappa shape index (κ1) is 15.6. The van der Waals surface area contributed by atoms with Crippen LogP contribution in [0.4, 0.5) is 0 Å². The highest BCUT2D eigenvalue weighted by Crippen LogP contribution is 2.34. The monoisotopic (exact) mass is 312 g/mol. The third-order valence-corrected chi connectivity index (χ3v) is 4.51. The molecular formula is C18H20N2O3. The van der Waals surface area contributed by atoms with Gasteiger partial charge in [0.2, 0.25) is 0 Å². The molecule has 0 N–H and O–H groups in total. The highest BCUT2D eigenvalue weighted by molar-refractivity contribution is 5.95. The van der Waals surface area contributed by atoms with E-state index in [2.05, 4.69) is 10.2 Å². The van der Waals surface area contributed by atoms with Crippen molar-refractivity contribution in [3.8, 4) is 0 Å². The van der Waals surface area contributed by atoms with Crippen LogP contribution >= 0.6 is 0 Å². The minimum absolute atomic E-state index is 0.00443. The number of nitrogens with zero attached hydrogens (tertiary/aromatic N) is 2. The Morgan fingerprint density at radius 2 is 2.13 bits per heavy atom. The molecule has 0 fully saturated rings. The second-order valence-electron chi connectivity index (χ2n) is 5.98. The minimum atomic E-state index is -0.327. The van der Waals surface area contributed by atoms with Crippen LogP contribution in [0.25, 0.3) is 0 Å². The van der Waals surface area contributed by atoms with E-state index < -0.39 is 0 Å². The molecule has 0 saturated carbocycles. The molecule has 1 unspecified atom stereocenters. The molecule has 0 spiro atoms. The molecule has 120 valence electrons. The number of benzene rings is 1. The molecule has 1 amide bonds. The Morgan fingerprint density at radius 3 is 2.96 bits per heavy atom. The van der Waals surface area contributed by atoms with Gasteiger partial charge in [0.25, 0.3) is 5.91 Å². The van der Waals surface area contributed by atoms with Crippen LogP contribution in [-0.4, -0.2) is 25.0 Å². The molecule has 5 nitrogen and oxygen atoms in total. The molecule has 1 atom stereocenters. The zero-order valence-corrected chi connectivity index (χ0v) is 13.2. The number of hydrogen-bond donors (Lipinski definition) is 0. The first-order valence-corrected chi connectivity index (χ1v) is 8.03. The molecule has 3 rings (SSSR count). The zero-order valence-electron chi connectivity index (χ0n) is 13.2. The molecule has 1 aliphatic heterocycles. The highest BCUT2D eigenvalue weighted by atomic mass is 16.5. The Morgan fingerprint density at radius 1 is 1.30 bits per heavy atom. The Hall–Kier alpha value is -2.30. The van der Waals surface area contributed by atoms with Crippen LogP contribution in [0.2, 0.25) is 0 Å². The molecule has 0 radical (unpaired) electrons. The summed E-state index contributed by atoms with van der Waals surface area (Å²) in [6, 6.07) is 7.46. The molecule has 1 aliphatic carbocycles. The average Bonchev–Trinajstić information content (AvgIpc) is 2.61. The number of ether oxygens (including phenoxy) is 1. The van der Waals surface area contributed by atoms with E-state index in [9.17, 15) is 9.59 Å². The number of rotatable bonds is 4. The largest absolute Gasteiger partial charge is 0.465 e. The van der Waals surface area contributed by atoms with E-state index in [1.807, 2.05) is 18.2 Å². The standard InChI is InChI=1S/C18H20N2O3/c1-23-18(22)13-6-4-5-12(11-13)9-10-16-14-7-2-3-8-15(14)17(21)20-19-16/h4-6,11,16H,2-3,7-10H2,1H3. The summed E-state index contributed by atoms with van der Waals surface area (Å²) >= 11 is 0. The van der Waals surface area contributed by atoms with Crippen molar-refractivity contribution in [2.75, 3.05) is 7.11 Å². The van der Waals surface area contributed by atoms with E-state index >= 15 is 0 Å². The lowest BCUT2D eigenvalue weighted by atomic mass is 9.84. The van der Waals surface area contributed by atoms with Gasteiger partial charge in [-0.15, -0.1) is 5.11 Å². The van der Waals surface area contributed by atoms with Gasteiger partial charge in [0, 0.05) is 5.57 Å². The second kappa shape index (κ2) is 6.86. The lowest BCUT2D eigenvalue weighted by Gasteiger charge is -2.25. The number of aryl methyl sites for hydroxylation is 1. The third-order valence-electron chi connectivity index (χ3n) is 4.51. The van der Waals surface area contributed by atoms with Gasteiger partial charge < -0.3 is 4.74 Å². The van der Waals surface area contributed by atoms with Gasteiger partial charge in [-0.3, -0.25) is 4.79 Å². The van der Waals surface area contributed by atoms with Crippen LogP contribution < -0.4 is 0 Å². The smallest absolute Gasteiger partial charge is 0.337 e. The maximum absolute atomic E-state index is 11.8. The molecule has 0 saturated heterocycles. The Labute approximate surface area is 135 Å². The van der Waals surface area contributed by atoms with E-state index in [1.165, 1.54) is 12.7 Å². The van der Waals surface area contributed by atoms with Crippen molar-refractivity contribution < 1.29 is 14.3 Å². The number of carbonyl (C=O) groups excluding carboxylic acids is 2. The van der Waals surface area contributed by atoms with E-state index in [1.54, 1.807) is 6.07 Å². The molecule has 1 aromatic rings. The number of esters is 1. The average molecular weight is 312 g/mol. The Balaban J connectivity index is 1.71. The third kappa shape index (κ3) is 3.38. The first-order valence-electron chi connectivity index (χ1n) is 8.03. The summed E-state index contributed by atoms with van der Waals surface area (Å²) in [5.41, 5.74) is 3.70. The van der Waals surface area contributed by atoms with Crippen LogP contribution in [0.15, 0.2) is 45.6 Å². The normalized spacial score (nSPS) is 20.4. The molecule has 2 aliphatic rings.